The molecule has 0 radical (unpaired) electrons. The monoisotopic (exact) mass is 482 g/mol. The van der Waals surface area contributed by atoms with Gasteiger partial charge in [0, 0.05) is 0 Å². The van der Waals surface area contributed by atoms with Crippen molar-refractivity contribution in [1.82, 2.24) is 5.32 Å². The predicted octanol–water partition coefficient (Wildman–Crippen LogP) is 3.16. The first-order valence-electron chi connectivity index (χ1n) is 10.8. The van der Waals surface area contributed by atoms with Gasteiger partial charge in [-0.1, -0.05) is 24.3 Å². The quantitative estimate of drug-likeness (QED) is 0.496. The maximum Gasteiger partial charge on any atom is 0.264 e. The Morgan fingerprint density at radius 3 is 2.56 bits per heavy atom. The van der Waals surface area contributed by atoms with Crippen molar-refractivity contribution in [1.29, 1.82) is 0 Å². The summed E-state index contributed by atoms with van der Waals surface area (Å²) in [5.74, 6) is 1.17. The number of aryl methyl sites for hydroxylation is 1. The van der Waals surface area contributed by atoms with Crippen LogP contribution in [0.15, 0.2) is 77.7 Å². The van der Waals surface area contributed by atoms with Gasteiger partial charge in [0.1, 0.15) is 23.9 Å². The Hall–Kier alpha value is -3.72. The first-order chi connectivity index (χ1) is 16.4. The van der Waals surface area contributed by atoms with Crippen LogP contribution in [0, 0.1) is 6.92 Å². The standard InChI is InChI=1S/C25H26N2O6S/c1-18-6-5-7-20(16-18)32-15-14-26-25(28)24-17-27(22-8-3-4-9-23(22)33-24)34(29,30)21-12-10-19(31-2)11-13-21/h3-13,16,24H,14-15,17H2,1-2H3,(H,26,28)/t24-/m0/s1. The molecule has 34 heavy (non-hydrogen) atoms. The van der Waals surface area contributed by atoms with Gasteiger partial charge >= 0.3 is 0 Å². The molecule has 1 aliphatic rings. The highest BCUT2D eigenvalue weighted by Gasteiger charge is 2.37. The highest BCUT2D eigenvalue weighted by atomic mass is 32.2. The fourth-order valence-electron chi connectivity index (χ4n) is 3.60. The van der Waals surface area contributed by atoms with Gasteiger partial charge in [0.2, 0.25) is 0 Å². The zero-order chi connectivity index (χ0) is 24.1. The molecule has 8 nitrogen and oxygen atoms in total. The minimum absolute atomic E-state index is 0.0933. The second kappa shape index (κ2) is 10.0. The first-order valence-corrected chi connectivity index (χ1v) is 12.2. The Bertz CT molecular complexity index is 1260. The predicted molar refractivity (Wildman–Crippen MR) is 128 cm³/mol. The van der Waals surface area contributed by atoms with E-state index in [1.165, 1.54) is 23.5 Å². The molecule has 178 valence electrons. The van der Waals surface area contributed by atoms with Gasteiger partial charge in [0.05, 0.1) is 30.8 Å². The summed E-state index contributed by atoms with van der Waals surface area (Å²) >= 11 is 0. The summed E-state index contributed by atoms with van der Waals surface area (Å²) in [5, 5.41) is 2.77. The molecule has 1 N–H and O–H groups in total. The maximum atomic E-state index is 13.4. The second-order valence-corrected chi connectivity index (χ2v) is 9.60. The van der Waals surface area contributed by atoms with E-state index in [2.05, 4.69) is 5.32 Å². The van der Waals surface area contributed by atoms with Crippen LogP contribution in [0.3, 0.4) is 0 Å². The summed E-state index contributed by atoms with van der Waals surface area (Å²) in [6.07, 6.45) is -1.01. The molecular weight excluding hydrogens is 456 g/mol. The lowest BCUT2D eigenvalue weighted by atomic mass is 10.2. The van der Waals surface area contributed by atoms with Crippen LogP contribution >= 0.6 is 0 Å². The van der Waals surface area contributed by atoms with Crippen LogP contribution in [0.1, 0.15) is 5.56 Å². The van der Waals surface area contributed by atoms with Crippen molar-refractivity contribution in [2.45, 2.75) is 17.9 Å². The number of para-hydroxylation sites is 2. The summed E-state index contributed by atoms with van der Waals surface area (Å²) in [6, 6.07) is 20.5. The number of hydrogen-bond donors (Lipinski definition) is 1. The number of carbonyl (C=O) groups excluding carboxylic acids is 1. The average Bonchev–Trinajstić information content (AvgIpc) is 2.86. The number of benzene rings is 3. The van der Waals surface area contributed by atoms with E-state index in [1.807, 2.05) is 31.2 Å². The minimum Gasteiger partial charge on any atom is -0.497 e. The molecule has 0 saturated heterocycles. The second-order valence-electron chi connectivity index (χ2n) is 7.74. The summed E-state index contributed by atoms with van der Waals surface area (Å²) in [7, 11) is -2.43. The highest BCUT2D eigenvalue weighted by molar-refractivity contribution is 7.92. The third-order valence-electron chi connectivity index (χ3n) is 5.33. The van der Waals surface area contributed by atoms with Gasteiger partial charge in [-0.2, -0.15) is 0 Å². The SMILES string of the molecule is COc1ccc(S(=O)(=O)N2C[C@@H](C(=O)NCCOc3cccc(C)c3)Oc3ccccc32)cc1. The molecule has 1 aliphatic heterocycles. The van der Waals surface area contributed by atoms with Crippen LogP contribution in [0.5, 0.6) is 17.2 Å². The lowest BCUT2D eigenvalue weighted by Gasteiger charge is -2.34. The van der Waals surface area contributed by atoms with Gasteiger partial charge in [-0.3, -0.25) is 9.10 Å². The van der Waals surface area contributed by atoms with Gasteiger partial charge in [-0.25, -0.2) is 8.42 Å². The Kier molecular flexibility index (Phi) is 6.93. The Labute approximate surface area is 199 Å². The molecule has 0 unspecified atom stereocenters. The van der Waals surface area contributed by atoms with Gasteiger partial charge < -0.3 is 19.5 Å². The summed E-state index contributed by atoms with van der Waals surface area (Å²) in [6.45, 7) is 2.33. The molecule has 1 amide bonds. The molecule has 0 fully saturated rings. The van der Waals surface area contributed by atoms with Crippen molar-refractivity contribution < 1.29 is 27.4 Å². The molecule has 0 aromatic heterocycles. The van der Waals surface area contributed by atoms with Crippen LogP contribution in [0.2, 0.25) is 0 Å². The van der Waals surface area contributed by atoms with Crippen molar-refractivity contribution in [2.75, 3.05) is 31.1 Å². The first kappa shape index (κ1) is 23.4. The number of amides is 1. The molecule has 3 aromatic rings. The third kappa shape index (κ3) is 5.09. The third-order valence-corrected chi connectivity index (χ3v) is 7.13. The number of anilines is 1. The zero-order valence-corrected chi connectivity index (χ0v) is 19.7. The lowest BCUT2D eigenvalue weighted by Crippen LogP contribution is -2.51. The van der Waals surface area contributed by atoms with Gasteiger partial charge in [0.15, 0.2) is 6.10 Å². The summed E-state index contributed by atoms with van der Waals surface area (Å²) in [4.78, 5) is 12.9. The number of nitrogens with one attached hydrogen (secondary N) is 1. The van der Waals surface area contributed by atoms with E-state index in [1.54, 1.807) is 36.4 Å². The number of rotatable bonds is 8. The maximum absolute atomic E-state index is 13.4. The fraction of sp³-hybridized carbons (Fsp3) is 0.240. The van der Waals surface area contributed by atoms with Crippen molar-refractivity contribution >= 4 is 21.6 Å². The van der Waals surface area contributed by atoms with E-state index in [4.69, 9.17) is 14.2 Å². The van der Waals surface area contributed by atoms with E-state index in [0.29, 0.717) is 22.9 Å². The van der Waals surface area contributed by atoms with Crippen molar-refractivity contribution in [3.05, 3.63) is 78.4 Å². The number of carbonyl (C=O) groups is 1. The summed E-state index contributed by atoms with van der Waals surface area (Å²) < 4.78 is 44.7. The van der Waals surface area contributed by atoms with Crippen LogP contribution in [-0.2, 0) is 14.8 Å². The fourth-order valence-corrected chi connectivity index (χ4v) is 5.08. The topological polar surface area (TPSA) is 94.2 Å². The normalized spacial score (nSPS) is 15.1. The van der Waals surface area contributed by atoms with E-state index in [9.17, 15) is 13.2 Å². The van der Waals surface area contributed by atoms with Gasteiger partial charge in [-0.05, 0) is 61.0 Å². The molecule has 4 rings (SSSR count). The van der Waals surface area contributed by atoms with Gasteiger partial charge in [0.25, 0.3) is 15.9 Å². The molecule has 1 heterocycles. The Morgan fingerprint density at radius 2 is 1.82 bits per heavy atom. The van der Waals surface area contributed by atoms with E-state index >= 15 is 0 Å². The van der Waals surface area contributed by atoms with Gasteiger partial charge in [-0.15, -0.1) is 0 Å². The number of methoxy groups -OCH3 is 1. The molecule has 0 spiro atoms. The zero-order valence-electron chi connectivity index (χ0n) is 18.9. The molecule has 9 heteroatoms. The largest absolute Gasteiger partial charge is 0.497 e. The Balaban J connectivity index is 1.46. The molecule has 3 aromatic carbocycles. The minimum atomic E-state index is -3.94. The van der Waals surface area contributed by atoms with Crippen LogP contribution in [0.25, 0.3) is 0 Å². The van der Waals surface area contributed by atoms with E-state index < -0.39 is 22.0 Å². The highest BCUT2D eigenvalue weighted by Crippen LogP contribution is 2.37. The molecule has 1 atom stereocenters. The molecular formula is C25H26N2O6S. The smallest absolute Gasteiger partial charge is 0.264 e. The number of hydrogen-bond acceptors (Lipinski definition) is 6. The van der Waals surface area contributed by atoms with Crippen molar-refractivity contribution in [3.8, 4) is 17.2 Å². The summed E-state index contributed by atoms with van der Waals surface area (Å²) in [5.41, 5.74) is 1.46. The number of nitrogens with zero attached hydrogens (tertiary/aromatic N) is 1. The van der Waals surface area contributed by atoms with Crippen molar-refractivity contribution in [3.63, 3.8) is 0 Å². The molecule has 0 saturated carbocycles. The van der Waals surface area contributed by atoms with Crippen LogP contribution in [-0.4, -0.2) is 47.2 Å². The Morgan fingerprint density at radius 1 is 1.06 bits per heavy atom. The average molecular weight is 483 g/mol. The van der Waals surface area contributed by atoms with E-state index in [-0.39, 0.29) is 24.6 Å². The number of fused-ring (bicyclic) bond motifs is 1. The van der Waals surface area contributed by atoms with E-state index in [0.717, 1.165) is 5.56 Å². The number of ether oxygens (including phenoxy) is 3. The molecule has 0 aliphatic carbocycles. The van der Waals surface area contributed by atoms with Crippen LogP contribution < -0.4 is 23.8 Å². The lowest BCUT2D eigenvalue weighted by molar-refractivity contribution is -0.127. The van der Waals surface area contributed by atoms with Crippen molar-refractivity contribution in [2.24, 2.45) is 0 Å². The molecule has 0 bridgehead atoms. The van der Waals surface area contributed by atoms with Crippen LogP contribution in [0.4, 0.5) is 5.69 Å². The number of sulfonamides is 1.